The van der Waals surface area contributed by atoms with E-state index < -0.39 is 0 Å². The lowest BCUT2D eigenvalue weighted by Crippen LogP contribution is -2.29. The highest BCUT2D eigenvalue weighted by molar-refractivity contribution is 9.10. The topological polar surface area (TPSA) is 30.5 Å². The van der Waals surface area contributed by atoms with E-state index >= 15 is 0 Å². The fourth-order valence-corrected chi connectivity index (χ4v) is 4.33. The van der Waals surface area contributed by atoms with E-state index in [2.05, 4.69) is 58.5 Å². The minimum Gasteiger partial charge on any atom is -0.493 e. The van der Waals surface area contributed by atoms with Gasteiger partial charge in [-0.1, -0.05) is 77.9 Å². The van der Waals surface area contributed by atoms with E-state index in [0.717, 1.165) is 28.1 Å². The lowest BCUT2D eigenvalue weighted by Gasteiger charge is -2.22. The van der Waals surface area contributed by atoms with Crippen molar-refractivity contribution in [2.75, 3.05) is 7.11 Å². The number of hydrogen-bond donors (Lipinski definition) is 1. The van der Waals surface area contributed by atoms with E-state index in [1.165, 1.54) is 56.1 Å². The zero-order valence-corrected chi connectivity index (χ0v) is 18.7. The Morgan fingerprint density at radius 2 is 1.75 bits per heavy atom. The van der Waals surface area contributed by atoms with Crippen LogP contribution < -0.4 is 14.8 Å². The molecular weight excluding hydrogens is 414 g/mol. The van der Waals surface area contributed by atoms with Gasteiger partial charge in [-0.05, 0) is 43.0 Å². The summed E-state index contributed by atoms with van der Waals surface area (Å²) in [6, 6.07) is 13.1. The van der Waals surface area contributed by atoms with Crippen LogP contribution in [-0.4, -0.2) is 13.2 Å². The molecule has 0 aromatic heterocycles. The van der Waals surface area contributed by atoms with Crippen molar-refractivity contribution in [2.24, 2.45) is 0 Å². The molecule has 0 spiro atoms. The van der Waals surface area contributed by atoms with Gasteiger partial charge in [0.15, 0.2) is 11.5 Å². The monoisotopic (exact) mass is 445 g/mol. The summed E-state index contributed by atoms with van der Waals surface area (Å²) >= 11 is 3.73. The Morgan fingerprint density at radius 1 is 1.00 bits per heavy atom. The third kappa shape index (κ3) is 6.25. The van der Waals surface area contributed by atoms with Crippen LogP contribution in [0.4, 0.5) is 0 Å². The fraction of sp³-hybridized carbons (Fsp3) is 0.500. The van der Waals surface area contributed by atoms with E-state index in [0.29, 0.717) is 12.6 Å². The van der Waals surface area contributed by atoms with Gasteiger partial charge in [-0.3, -0.25) is 0 Å². The van der Waals surface area contributed by atoms with Crippen molar-refractivity contribution in [2.45, 2.75) is 71.1 Å². The van der Waals surface area contributed by atoms with Gasteiger partial charge in [0.2, 0.25) is 0 Å². The molecule has 3 nitrogen and oxygen atoms in total. The SMILES string of the molecule is COc1cc(CNC2CCCCCCC2)c(Br)cc1OCc1cccc(C)c1. The van der Waals surface area contributed by atoms with E-state index in [4.69, 9.17) is 9.47 Å². The third-order valence-corrected chi connectivity index (χ3v) is 6.23. The van der Waals surface area contributed by atoms with Crippen LogP contribution >= 0.6 is 15.9 Å². The molecule has 1 aliphatic carbocycles. The molecule has 28 heavy (non-hydrogen) atoms. The molecule has 0 amide bonds. The molecule has 2 aromatic rings. The van der Waals surface area contributed by atoms with Crippen LogP contribution in [0.1, 0.15) is 61.6 Å². The number of hydrogen-bond acceptors (Lipinski definition) is 3. The second-order valence-electron chi connectivity index (χ2n) is 7.80. The zero-order chi connectivity index (χ0) is 19.8. The van der Waals surface area contributed by atoms with Crippen LogP contribution in [0.25, 0.3) is 0 Å². The van der Waals surface area contributed by atoms with Gasteiger partial charge in [-0.15, -0.1) is 0 Å². The molecule has 2 aromatic carbocycles. The molecule has 1 N–H and O–H groups in total. The third-order valence-electron chi connectivity index (χ3n) is 5.50. The summed E-state index contributed by atoms with van der Waals surface area (Å²) in [5.74, 6) is 1.55. The number of ether oxygens (including phenoxy) is 2. The number of methoxy groups -OCH3 is 1. The van der Waals surface area contributed by atoms with E-state index in [-0.39, 0.29) is 0 Å². The van der Waals surface area contributed by atoms with Crippen molar-refractivity contribution in [1.29, 1.82) is 0 Å². The lowest BCUT2D eigenvalue weighted by molar-refractivity contribution is 0.284. The highest BCUT2D eigenvalue weighted by Gasteiger charge is 2.14. The average Bonchev–Trinajstić information content (AvgIpc) is 2.66. The number of nitrogens with one attached hydrogen (secondary N) is 1. The molecule has 4 heteroatoms. The Morgan fingerprint density at radius 3 is 2.46 bits per heavy atom. The maximum absolute atomic E-state index is 6.05. The quantitative estimate of drug-likeness (QED) is 0.523. The van der Waals surface area contributed by atoms with Crippen LogP contribution in [0.3, 0.4) is 0 Å². The summed E-state index contributed by atoms with van der Waals surface area (Å²) in [5, 5.41) is 3.75. The second-order valence-corrected chi connectivity index (χ2v) is 8.65. The molecule has 0 bridgehead atoms. The van der Waals surface area contributed by atoms with Gasteiger partial charge >= 0.3 is 0 Å². The second kappa shape index (κ2) is 10.9. The fourth-order valence-electron chi connectivity index (χ4n) is 3.86. The van der Waals surface area contributed by atoms with Gasteiger partial charge < -0.3 is 14.8 Å². The minimum atomic E-state index is 0.532. The van der Waals surface area contributed by atoms with Crippen molar-refractivity contribution in [1.82, 2.24) is 5.32 Å². The van der Waals surface area contributed by atoms with Gasteiger partial charge in [0.1, 0.15) is 6.61 Å². The van der Waals surface area contributed by atoms with Crippen LogP contribution in [0.5, 0.6) is 11.5 Å². The Hall–Kier alpha value is -1.52. The highest BCUT2D eigenvalue weighted by atomic mass is 79.9. The van der Waals surface area contributed by atoms with Crippen molar-refractivity contribution in [3.63, 3.8) is 0 Å². The summed E-state index contributed by atoms with van der Waals surface area (Å²) < 4.78 is 12.7. The maximum atomic E-state index is 6.05. The maximum Gasteiger partial charge on any atom is 0.162 e. The molecule has 0 heterocycles. The smallest absolute Gasteiger partial charge is 0.162 e. The molecule has 1 aliphatic rings. The lowest BCUT2D eigenvalue weighted by atomic mass is 9.96. The summed E-state index contributed by atoms with van der Waals surface area (Å²) in [6.07, 6.45) is 9.41. The predicted octanol–water partition coefficient (Wildman–Crippen LogP) is 6.55. The van der Waals surface area contributed by atoms with E-state index in [1.54, 1.807) is 7.11 Å². The molecule has 0 atom stereocenters. The van der Waals surface area contributed by atoms with E-state index in [1.807, 2.05) is 6.07 Å². The molecule has 152 valence electrons. The molecule has 0 saturated heterocycles. The Balaban J connectivity index is 1.63. The standard InChI is InChI=1S/C24H32BrNO2/c1-18-9-8-10-19(13-18)17-28-24-15-22(25)20(14-23(24)27-2)16-26-21-11-6-4-3-5-7-12-21/h8-10,13-15,21,26H,3-7,11-12,16-17H2,1-2H3. The van der Waals surface area contributed by atoms with Gasteiger partial charge in [0, 0.05) is 17.1 Å². The first-order chi connectivity index (χ1) is 13.7. The predicted molar refractivity (Wildman–Crippen MR) is 119 cm³/mol. The van der Waals surface area contributed by atoms with Crippen LogP contribution in [0, 0.1) is 6.92 Å². The molecule has 0 unspecified atom stereocenters. The molecule has 0 aliphatic heterocycles. The molecule has 0 radical (unpaired) electrons. The summed E-state index contributed by atoms with van der Waals surface area (Å²) in [6.45, 7) is 3.47. The van der Waals surface area contributed by atoms with Crippen molar-refractivity contribution in [3.8, 4) is 11.5 Å². The van der Waals surface area contributed by atoms with Gasteiger partial charge in [-0.25, -0.2) is 0 Å². The minimum absolute atomic E-state index is 0.532. The van der Waals surface area contributed by atoms with Gasteiger partial charge in [0.05, 0.1) is 7.11 Å². The Kier molecular flexibility index (Phi) is 8.23. The van der Waals surface area contributed by atoms with E-state index in [9.17, 15) is 0 Å². The molecule has 1 fully saturated rings. The van der Waals surface area contributed by atoms with Crippen LogP contribution in [0.15, 0.2) is 40.9 Å². The number of rotatable bonds is 7. The Labute approximate surface area is 178 Å². The first-order valence-corrected chi connectivity index (χ1v) is 11.2. The largest absolute Gasteiger partial charge is 0.493 e. The Bertz CT molecular complexity index is 754. The highest BCUT2D eigenvalue weighted by Crippen LogP contribution is 2.34. The first-order valence-electron chi connectivity index (χ1n) is 10.4. The number of benzene rings is 2. The first kappa shape index (κ1) is 21.2. The average molecular weight is 446 g/mol. The number of aryl methyl sites for hydroxylation is 1. The zero-order valence-electron chi connectivity index (χ0n) is 17.1. The molecule has 3 rings (SSSR count). The van der Waals surface area contributed by atoms with Crippen LogP contribution in [-0.2, 0) is 13.2 Å². The summed E-state index contributed by atoms with van der Waals surface area (Å²) in [4.78, 5) is 0. The molecule has 1 saturated carbocycles. The normalized spacial score (nSPS) is 15.7. The van der Waals surface area contributed by atoms with Gasteiger partial charge in [0.25, 0.3) is 0 Å². The van der Waals surface area contributed by atoms with Crippen molar-refractivity contribution >= 4 is 15.9 Å². The molecular formula is C24H32BrNO2. The van der Waals surface area contributed by atoms with Crippen LogP contribution in [0.2, 0.25) is 0 Å². The summed E-state index contributed by atoms with van der Waals surface area (Å²) in [5.41, 5.74) is 3.61. The van der Waals surface area contributed by atoms with Crippen molar-refractivity contribution < 1.29 is 9.47 Å². The van der Waals surface area contributed by atoms with Gasteiger partial charge in [-0.2, -0.15) is 0 Å². The summed E-state index contributed by atoms with van der Waals surface area (Å²) in [7, 11) is 1.70. The number of halogens is 1. The van der Waals surface area contributed by atoms with Crippen molar-refractivity contribution in [3.05, 3.63) is 57.6 Å².